The van der Waals surface area contributed by atoms with Crippen LogP contribution in [0.15, 0.2) is 72.4 Å². The van der Waals surface area contributed by atoms with E-state index in [1.165, 1.54) is 11.0 Å². The molecule has 0 bridgehead atoms. The van der Waals surface area contributed by atoms with E-state index in [1.807, 2.05) is 20.8 Å². The van der Waals surface area contributed by atoms with Gasteiger partial charge in [0.25, 0.3) is 11.7 Å². The number of nitrogens with zero attached hydrogens (tertiary/aromatic N) is 2. The summed E-state index contributed by atoms with van der Waals surface area (Å²) in [6.45, 7) is 6.40. The molecule has 1 amide bonds. The van der Waals surface area contributed by atoms with Crippen LogP contribution in [0.25, 0.3) is 5.76 Å². The third-order valence-electron chi connectivity index (χ3n) is 5.76. The molecule has 174 valence electrons. The highest BCUT2D eigenvalue weighted by Gasteiger charge is 2.48. The van der Waals surface area contributed by atoms with E-state index in [9.17, 15) is 19.8 Å². The maximum absolute atomic E-state index is 13.2. The first-order valence-corrected chi connectivity index (χ1v) is 11.1. The molecular formula is C27H26N2O5. The first-order valence-electron chi connectivity index (χ1n) is 11.1. The fourth-order valence-corrected chi connectivity index (χ4v) is 4.16. The molecule has 1 saturated heterocycles. The number of Topliss-reactive ketones (excluding diaryl/α,β-unsaturated/α-hetero) is 1. The number of aliphatic hydroxyl groups is 1. The summed E-state index contributed by atoms with van der Waals surface area (Å²) >= 11 is 0. The second-order valence-electron chi connectivity index (χ2n) is 8.25. The van der Waals surface area contributed by atoms with Crippen molar-refractivity contribution in [2.24, 2.45) is 0 Å². The van der Waals surface area contributed by atoms with Crippen molar-refractivity contribution in [2.45, 2.75) is 32.7 Å². The van der Waals surface area contributed by atoms with Crippen LogP contribution in [0, 0.1) is 0 Å². The Morgan fingerprint density at radius 2 is 1.82 bits per heavy atom. The summed E-state index contributed by atoms with van der Waals surface area (Å²) in [5, 5.41) is 21.8. The SMILES string of the molecule is CCOc1ccc(/C(O)=C2/C(=O)C(=O)N(c3ccccc3O)C2c2ccccn2)cc1C(C)C. The number of pyridine rings is 1. The minimum Gasteiger partial charge on any atom is -0.507 e. The van der Waals surface area contributed by atoms with Gasteiger partial charge in [-0.3, -0.25) is 19.5 Å². The Labute approximate surface area is 198 Å². The smallest absolute Gasteiger partial charge is 0.300 e. The average Bonchev–Trinajstić information content (AvgIpc) is 3.10. The monoisotopic (exact) mass is 458 g/mol. The Bertz CT molecular complexity index is 1270. The molecule has 2 aromatic carbocycles. The van der Waals surface area contributed by atoms with Gasteiger partial charge in [0.05, 0.1) is 23.6 Å². The lowest BCUT2D eigenvalue weighted by Gasteiger charge is -2.25. The van der Waals surface area contributed by atoms with Crippen molar-refractivity contribution in [1.82, 2.24) is 4.98 Å². The lowest BCUT2D eigenvalue weighted by molar-refractivity contribution is -0.132. The number of aromatic nitrogens is 1. The number of rotatable bonds is 6. The van der Waals surface area contributed by atoms with Crippen molar-refractivity contribution < 1.29 is 24.5 Å². The molecule has 1 unspecified atom stereocenters. The Hall–Kier alpha value is -4.13. The third kappa shape index (κ3) is 4.01. The molecule has 0 saturated carbocycles. The minimum atomic E-state index is -1.01. The standard InChI is InChI=1S/C27H26N2O5/c1-4-34-22-13-12-17(15-18(22)16(2)3)25(31)23-24(19-9-7-8-14-28-19)29(27(33)26(23)32)20-10-5-6-11-21(20)30/h5-16,24,30-31H,4H2,1-3H3/b25-23-. The van der Waals surface area contributed by atoms with Gasteiger partial charge in [-0.05, 0) is 60.9 Å². The molecule has 34 heavy (non-hydrogen) atoms. The van der Waals surface area contributed by atoms with Crippen LogP contribution in [-0.2, 0) is 9.59 Å². The summed E-state index contributed by atoms with van der Waals surface area (Å²) in [6.07, 6.45) is 1.55. The van der Waals surface area contributed by atoms with Crippen molar-refractivity contribution in [2.75, 3.05) is 11.5 Å². The van der Waals surface area contributed by atoms with Crippen molar-refractivity contribution in [1.29, 1.82) is 0 Å². The second-order valence-corrected chi connectivity index (χ2v) is 8.25. The van der Waals surface area contributed by atoms with Gasteiger partial charge < -0.3 is 14.9 Å². The fourth-order valence-electron chi connectivity index (χ4n) is 4.16. The lowest BCUT2D eigenvalue weighted by Crippen LogP contribution is -2.29. The summed E-state index contributed by atoms with van der Waals surface area (Å²) in [5.41, 5.74) is 1.72. The number of aliphatic hydroxyl groups excluding tert-OH is 1. The molecule has 7 heteroatoms. The number of ketones is 1. The zero-order valence-electron chi connectivity index (χ0n) is 19.2. The first-order chi connectivity index (χ1) is 16.3. The maximum atomic E-state index is 13.2. The molecule has 2 heterocycles. The van der Waals surface area contributed by atoms with Gasteiger partial charge in [0.2, 0.25) is 0 Å². The van der Waals surface area contributed by atoms with Gasteiger partial charge in [-0.15, -0.1) is 0 Å². The van der Waals surface area contributed by atoms with Crippen LogP contribution in [0.1, 0.15) is 49.6 Å². The van der Waals surface area contributed by atoms with Gasteiger partial charge >= 0.3 is 0 Å². The molecule has 4 rings (SSSR count). The number of carbonyl (C=O) groups is 2. The average molecular weight is 459 g/mol. The normalized spacial score (nSPS) is 17.4. The predicted octanol–water partition coefficient (Wildman–Crippen LogP) is 4.94. The number of para-hydroxylation sites is 2. The maximum Gasteiger partial charge on any atom is 0.300 e. The molecule has 1 fully saturated rings. The van der Waals surface area contributed by atoms with E-state index in [0.717, 1.165) is 5.56 Å². The number of amides is 1. The van der Waals surface area contributed by atoms with E-state index in [0.29, 0.717) is 23.6 Å². The molecule has 0 radical (unpaired) electrons. The number of aromatic hydroxyl groups is 1. The highest BCUT2D eigenvalue weighted by molar-refractivity contribution is 6.51. The fraction of sp³-hybridized carbons (Fsp3) is 0.222. The van der Waals surface area contributed by atoms with Gasteiger partial charge in [-0.2, -0.15) is 0 Å². The molecule has 7 nitrogen and oxygen atoms in total. The van der Waals surface area contributed by atoms with Crippen LogP contribution in [0.4, 0.5) is 5.69 Å². The summed E-state index contributed by atoms with van der Waals surface area (Å²) in [6, 6.07) is 15.6. The Kier molecular flexibility index (Phi) is 6.36. The van der Waals surface area contributed by atoms with Crippen LogP contribution in [0.5, 0.6) is 11.5 Å². The summed E-state index contributed by atoms with van der Waals surface area (Å²) < 4.78 is 5.71. The molecular weight excluding hydrogens is 432 g/mol. The van der Waals surface area contributed by atoms with Gasteiger partial charge in [0, 0.05) is 11.8 Å². The zero-order valence-corrected chi connectivity index (χ0v) is 19.2. The van der Waals surface area contributed by atoms with Gasteiger partial charge in [0.15, 0.2) is 0 Å². The molecule has 0 spiro atoms. The van der Waals surface area contributed by atoms with Crippen LogP contribution in [-0.4, -0.2) is 33.5 Å². The van der Waals surface area contributed by atoms with E-state index < -0.39 is 17.7 Å². The summed E-state index contributed by atoms with van der Waals surface area (Å²) in [5.74, 6) is -1.37. The first kappa shape index (κ1) is 23.0. The minimum absolute atomic E-state index is 0.0918. The summed E-state index contributed by atoms with van der Waals surface area (Å²) in [7, 11) is 0. The van der Waals surface area contributed by atoms with Crippen LogP contribution < -0.4 is 9.64 Å². The molecule has 0 aliphatic carbocycles. The Balaban J connectivity index is 1.93. The van der Waals surface area contributed by atoms with E-state index in [1.54, 1.807) is 60.8 Å². The Morgan fingerprint density at radius 3 is 2.47 bits per heavy atom. The van der Waals surface area contributed by atoms with Crippen molar-refractivity contribution >= 4 is 23.1 Å². The lowest BCUT2D eigenvalue weighted by atomic mass is 9.94. The third-order valence-corrected chi connectivity index (χ3v) is 5.76. The van der Waals surface area contributed by atoms with Crippen molar-refractivity contribution in [3.8, 4) is 11.5 Å². The highest BCUT2D eigenvalue weighted by Crippen LogP contribution is 2.44. The molecule has 3 aromatic rings. The second kappa shape index (κ2) is 9.39. The zero-order chi connectivity index (χ0) is 24.4. The highest BCUT2D eigenvalue weighted by atomic mass is 16.5. The molecule has 1 aromatic heterocycles. The van der Waals surface area contributed by atoms with E-state index in [4.69, 9.17) is 4.74 Å². The number of ether oxygens (including phenoxy) is 1. The van der Waals surface area contributed by atoms with Gasteiger partial charge in [-0.1, -0.05) is 32.0 Å². The van der Waals surface area contributed by atoms with E-state index >= 15 is 0 Å². The number of hydrogen-bond acceptors (Lipinski definition) is 6. The van der Waals surface area contributed by atoms with Crippen LogP contribution >= 0.6 is 0 Å². The van der Waals surface area contributed by atoms with Crippen LogP contribution in [0.2, 0.25) is 0 Å². The largest absolute Gasteiger partial charge is 0.507 e. The number of phenolic OH excluding ortho intramolecular Hbond substituents is 1. The predicted molar refractivity (Wildman–Crippen MR) is 129 cm³/mol. The number of benzene rings is 2. The molecule has 2 N–H and O–H groups in total. The molecule has 1 aliphatic rings. The van der Waals surface area contributed by atoms with Gasteiger partial charge in [-0.25, -0.2) is 0 Å². The summed E-state index contributed by atoms with van der Waals surface area (Å²) in [4.78, 5) is 32.0. The van der Waals surface area contributed by atoms with E-state index in [2.05, 4.69) is 4.98 Å². The van der Waals surface area contributed by atoms with Crippen molar-refractivity contribution in [3.63, 3.8) is 0 Å². The quantitative estimate of drug-likeness (QED) is 0.308. The molecule has 1 atom stereocenters. The number of carbonyl (C=O) groups excluding carboxylic acids is 2. The number of phenols is 1. The van der Waals surface area contributed by atoms with Crippen LogP contribution in [0.3, 0.4) is 0 Å². The number of anilines is 1. The van der Waals surface area contributed by atoms with E-state index in [-0.39, 0.29) is 28.7 Å². The molecule has 1 aliphatic heterocycles. The topological polar surface area (TPSA) is 100.0 Å². The number of hydrogen-bond donors (Lipinski definition) is 2. The van der Waals surface area contributed by atoms with Gasteiger partial charge in [0.1, 0.15) is 23.3 Å². The van der Waals surface area contributed by atoms with Crippen molar-refractivity contribution in [3.05, 3.63) is 89.3 Å². The Morgan fingerprint density at radius 1 is 1.09 bits per heavy atom.